The van der Waals surface area contributed by atoms with Crippen LogP contribution in [0.1, 0.15) is 61.3 Å². The number of rotatable bonds is 11. The Morgan fingerprint density at radius 3 is 2.18 bits per heavy atom. The molecule has 186 valence electrons. The molecule has 0 aliphatic carbocycles. The van der Waals surface area contributed by atoms with E-state index in [2.05, 4.69) is 10.6 Å². The number of anilines is 1. The number of nitrogens with two attached hydrogens (primary N) is 1. The van der Waals surface area contributed by atoms with Gasteiger partial charge in [0.05, 0.1) is 23.6 Å². The molecule has 34 heavy (non-hydrogen) atoms. The molecule has 0 spiro atoms. The molecule has 1 aromatic rings. The van der Waals surface area contributed by atoms with E-state index in [0.29, 0.717) is 6.42 Å². The van der Waals surface area contributed by atoms with Gasteiger partial charge in [-0.2, -0.15) is 4.89 Å². The van der Waals surface area contributed by atoms with E-state index in [1.807, 2.05) is 27.7 Å². The molecule has 1 aromatic carbocycles. The van der Waals surface area contributed by atoms with Crippen LogP contribution in [0.5, 0.6) is 0 Å². The standard InChI is InChI=1S/C23H33N4O6P/c1-12(2)9-15(20(28)26-17(10-13(3)4)21(29)25-5)18(34(32)33)11-27-22(30)14-7-6-8-16(24)19(14)23(27)31/h6-8,12-13,15,17-18H,9-11H2,1-5H3,(H4-,24,25,26,28,29,31,32,33)/p+1/t15?,17-,18?/m0/s1. The van der Waals surface area contributed by atoms with E-state index < -0.39 is 49.9 Å². The number of amides is 4. The molecule has 1 aliphatic rings. The molecular formula is C23H34N4O6P+. The fourth-order valence-electron chi connectivity index (χ4n) is 4.17. The summed E-state index contributed by atoms with van der Waals surface area (Å²) in [5.41, 5.74) is 4.98. The quantitative estimate of drug-likeness (QED) is 0.208. The number of hydrogen-bond donors (Lipinski definition) is 4. The van der Waals surface area contributed by atoms with Gasteiger partial charge in [-0.25, -0.2) is 0 Å². The molecule has 1 aliphatic heterocycles. The van der Waals surface area contributed by atoms with Gasteiger partial charge in [0.25, 0.3) is 11.8 Å². The highest BCUT2D eigenvalue weighted by atomic mass is 31.1. The minimum absolute atomic E-state index is 0.0328. The first kappa shape index (κ1) is 27.4. The van der Waals surface area contributed by atoms with E-state index in [1.165, 1.54) is 19.2 Å². The van der Waals surface area contributed by atoms with E-state index in [4.69, 9.17) is 5.73 Å². The Bertz CT molecular complexity index is 980. The third-order valence-electron chi connectivity index (χ3n) is 5.80. The van der Waals surface area contributed by atoms with Crippen molar-refractivity contribution in [2.75, 3.05) is 19.3 Å². The summed E-state index contributed by atoms with van der Waals surface area (Å²) in [6.07, 6.45) is 0.610. The summed E-state index contributed by atoms with van der Waals surface area (Å²) in [5.74, 6) is -3.15. The van der Waals surface area contributed by atoms with E-state index >= 15 is 0 Å². The fourth-order valence-corrected chi connectivity index (χ4v) is 5.03. The van der Waals surface area contributed by atoms with Gasteiger partial charge in [0.15, 0.2) is 0 Å². The van der Waals surface area contributed by atoms with E-state index in [-0.39, 0.29) is 41.0 Å². The van der Waals surface area contributed by atoms with E-state index in [0.717, 1.165) is 4.90 Å². The van der Waals surface area contributed by atoms with Crippen molar-refractivity contribution in [2.24, 2.45) is 17.8 Å². The van der Waals surface area contributed by atoms with Gasteiger partial charge in [0, 0.05) is 12.7 Å². The normalized spacial score (nSPS) is 16.4. The van der Waals surface area contributed by atoms with Gasteiger partial charge in [0.1, 0.15) is 6.04 Å². The first-order valence-corrected chi connectivity index (χ1v) is 12.6. The SMILES string of the molecule is CNC(=O)[C@H](CC(C)C)NC(=O)C(CC(C)C)C(CN1C(=O)c2cccc(N)c2C1=O)[P+](=O)O. The molecule has 10 nitrogen and oxygen atoms in total. The Kier molecular flexibility index (Phi) is 9.29. The number of fused-ring (bicyclic) bond motifs is 1. The minimum Gasteiger partial charge on any atom is -0.398 e. The van der Waals surface area contributed by atoms with Gasteiger partial charge in [-0.1, -0.05) is 33.8 Å². The lowest BCUT2D eigenvalue weighted by Crippen LogP contribution is -2.51. The first-order chi connectivity index (χ1) is 15.9. The Labute approximate surface area is 200 Å². The van der Waals surface area contributed by atoms with Gasteiger partial charge in [-0.15, -0.1) is 0 Å². The molecule has 3 unspecified atom stereocenters. The van der Waals surface area contributed by atoms with E-state index in [1.54, 1.807) is 6.07 Å². The largest absolute Gasteiger partial charge is 0.511 e. The highest BCUT2D eigenvalue weighted by Crippen LogP contribution is 2.36. The average Bonchev–Trinajstić information content (AvgIpc) is 2.99. The van der Waals surface area contributed by atoms with Crippen LogP contribution in [0.4, 0.5) is 5.69 Å². The second kappa shape index (κ2) is 11.5. The van der Waals surface area contributed by atoms with Crippen molar-refractivity contribution < 1.29 is 28.6 Å². The number of likely N-dealkylation sites (N-methyl/N-ethyl adjacent to an activating group) is 1. The van der Waals surface area contributed by atoms with Crippen molar-refractivity contribution in [2.45, 2.75) is 52.2 Å². The van der Waals surface area contributed by atoms with Gasteiger partial charge < -0.3 is 16.4 Å². The number of nitrogens with zero attached hydrogens (tertiary/aromatic N) is 1. The second-order valence-corrected chi connectivity index (χ2v) is 10.7. The summed E-state index contributed by atoms with van der Waals surface area (Å²) >= 11 is 0. The third kappa shape index (κ3) is 6.18. The van der Waals surface area contributed by atoms with Crippen LogP contribution in [0.2, 0.25) is 0 Å². The van der Waals surface area contributed by atoms with Crippen LogP contribution in [0.25, 0.3) is 0 Å². The predicted molar refractivity (Wildman–Crippen MR) is 128 cm³/mol. The summed E-state index contributed by atoms with van der Waals surface area (Å²) in [5, 5.41) is 5.24. The molecule has 0 fully saturated rings. The van der Waals surface area contributed by atoms with Crippen molar-refractivity contribution in [3.63, 3.8) is 0 Å². The maximum Gasteiger partial charge on any atom is 0.511 e. The van der Waals surface area contributed by atoms with E-state index in [9.17, 15) is 28.6 Å². The van der Waals surface area contributed by atoms with Crippen LogP contribution in [-0.4, -0.2) is 58.7 Å². The summed E-state index contributed by atoms with van der Waals surface area (Å²) in [6, 6.07) is 3.71. The molecule has 11 heteroatoms. The zero-order valence-corrected chi connectivity index (χ0v) is 21.1. The second-order valence-electron chi connectivity index (χ2n) is 9.40. The number of benzene rings is 1. The highest BCUT2D eigenvalue weighted by molar-refractivity contribution is 7.39. The predicted octanol–water partition coefficient (Wildman–Crippen LogP) is 1.91. The summed E-state index contributed by atoms with van der Waals surface area (Å²) < 4.78 is 12.4. The molecule has 0 aromatic heterocycles. The zero-order valence-electron chi connectivity index (χ0n) is 20.2. The maximum absolute atomic E-state index is 13.3. The van der Waals surface area contributed by atoms with Crippen molar-refractivity contribution in [1.82, 2.24) is 15.5 Å². The molecular weight excluding hydrogens is 459 g/mol. The summed E-state index contributed by atoms with van der Waals surface area (Å²) in [6.45, 7) is 7.12. The number of hydrogen-bond acceptors (Lipinski definition) is 6. The van der Waals surface area contributed by atoms with Crippen LogP contribution < -0.4 is 16.4 Å². The van der Waals surface area contributed by atoms with Crippen molar-refractivity contribution in [3.05, 3.63) is 29.3 Å². The van der Waals surface area contributed by atoms with Crippen LogP contribution >= 0.6 is 8.03 Å². The fraction of sp³-hybridized carbons (Fsp3) is 0.565. The number of nitrogens with one attached hydrogen (secondary N) is 2. The Morgan fingerprint density at radius 2 is 1.68 bits per heavy atom. The lowest BCUT2D eigenvalue weighted by molar-refractivity contribution is -0.131. The maximum atomic E-state index is 13.3. The molecule has 0 bridgehead atoms. The molecule has 0 saturated heterocycles. The lowest BCUT2D eigenvalue weighted by atomic mass is 9.91. The molecule has 4 amide bonds. The molecule has 2 rings (SSSR count). The number of nitrogen functional groups attached to an aromatic ring is 1. The van der Waals surface area contributed by atoms with Gasteiger partial charge in [-0.3, -0.25) is 24.1 Å². The molecule has 5 N–H and O–H groups in total. The Morgan fingerprint density at radius 1 is 1.06 bits per heavy atom. The molecule has 4 atom stereocenters. The summed E-state index contributed by atoms with van der Waals surface area (Å²) in [4.78, 5) is 62.5. The van der Waals surface area contributed by atoms with Crippen LogP contribution in [-0.2, 0) is 14.2 Å². The topological polar surface area (TPSA) is 159 Å². The molecule has 0 radical (unpaired) electrons. The zero-order chi connectivity index (χ0) is 25.7. The van der Waals surface area contributed by atoms with Crippen molar-refractivity contribution >= 4 is 37.3 Å². The lowest BCUT2D eigenvalue weighted by Gasteiger charge is -2.26. The monoisotopic (exact) mass is 493 g/mol. The summed E-state index contributed by atoms with van der Waals surface area (Å²) in [7, 11) is -1.49. The van der Waals surface area contributed by atoms with Crippen LogP contribution in [0.15, 0.2) is 18.2 Å². The van der Waals surface area contributed by atoms with Crippen LogP contribution in [0, 0.1) is 17.8 Å². The Hall–Kier alpha value is -2.84. The van der Waals surface area contributed by atoms with Gasteiger partial charge in [-0.05, 0) is 41.4 Å². The number of imide groups is 1. The van der Waals surface area contributed by atoms with Gasteiger partial charge in [0.2, 0.25) is 17.5 Å². The average molecular weight is 494 g/mol. The Balaban J connectivity index is 2.35. The highest BCUT2D eigenvalue weighted by Gasteiger charge is 2.48. The van der Waals surface area contributed by atoms with Crippen molar-refractivity contribution in [3.8, 4) is 0 Å². The molecule has 1 heterocycles. The van der Waals surface area contributed by atoms with Gasteiger partial charge >= 0.3 is 8.03 Å². The van der Waals surface area contributed by atoms with Crippen molar-refractivity contribution in [1.29, 1.82) is 0 Å². The number of carbonyl (C=O) groups excluding carboxylic acids is 4. The smallest absolute Gasteiger partial charge is 0.398 e. The van der Waals surface area contributed by atoms with Crippen LogP contribution in [0.3, 0.4) is 0 Å². The number of carbonyl (C=O) groups is 4. The third-order valence-corrected chi connectivity index (χ3v) is 6.89. The minimum atomic E-state index is -2.95. The molecule has 0 saturated carbocycles. The first-order valence-electron chi connectivity index (χ1n) is 11.3.